The third kappa shape index (κ3) is 3.44. The van der Waals surface area contributed by atoms with Crippen molar-refractivity contribution in [2.75, 3.05) is 6.54 Å². The standard InChI is InChI=1S/C19H19N5O3/c1-12-14(2-3-15-16(12)11-27-19(15)26)17(25)8-21-6-13-7-23-24(10-13)18-9-20-4-5-22-18/h2-5,7,9-10,17,21,25H,6,8,11H2,1H3. The molecule has 0 spiro atoms. The lowest BCUT2D eigenvalue weighted by Crippen LogP contribution is -2.21. The average Bonchev–Trinajstić information content (AvgIpc) is 3.30. The Balaban J connectivity index is 1.37. The topological polar surface area (TPSA) is 102 Å². The van der Waals surface area contributed by atoms with Crippen LogP contribution in [0.1, 0.15) is 38.7 Å². The minimum Gasteiger partial charge on any atom is -0.457 e. The largest absolute Gasteiger partial charge is 0.457 e. The molecule has 0 saturated heterocycles. The van der Waals surface area contributed by atoms with E-state index >= 15 is 0 Å². The normalized spacial score (nSPS) is 14.1. The zero-order valence-corrected chi connectivity index (χ0v) is 14.8. The molecule has 2 N–H and O–H groups in total. The molecule has 1 unspecified atom stereocenters. The van der Waals surface area contributed by atoms with Crippen LogP contribution in [0, 0.1) is 6.92 Å². The molecule has 4 rings (SSSR count). The summed E-state index contributed by atoms with van der Waals surface area (Å²) in [5, 5.41) is 18.0. The van der Waals surface area contributed by atoms with Crippen LogP contribution in [-0.4, -0.2) is 37.4 Å². The predicted octanol–water partition coefficient (Wildman–Crippen LogP) is 1.46. The van der Waals surface area contributed by atoms with Crippen LogP contribution in [0.5, 0.6) is 0 Å². The maximum absolute atomic E-state index is 11.6. The number of aliphatic hydroxyl groups excluding tert-OH is 1. The molecule has 0 saturated carbocycles. The van der Waals surface area contributed by atoms with Gasteiger partial charge in [-0.2, -0.15) is 5.10 Å². The summed E-state index contributed by atoms with van der Waals surface area (Å²) in [5.41, 5.74) is 4.13. The van der Waals surface area contributed by atoms with E-state index < -0.39 is 6.10 Å². The monoisotopic (exact) mass is 365 g/mol. The van der Waals surface area contributed by atoms with Crippen molar-refractivity contribution in [3.63, 3.8) is 0 Å². The molecule has 8 heteroatoms. The van der Waals surface area contributed by atoms with Gasteiger partial charge < -0.3 is 15.2 Å². The third-order valence-corrected chi connectivity index (χ3v) is 4.65. The van der Waals surface area contributed by atoms with Gasteiger partial charge in [0.2, 0.25) is 0 Å². The quantitative estimate of drug-likeness (QED) is 0.638. The van der Waals surface area contributed by atoms with Crippen molar-refractivity contribution in [3.8, 4) is 5.82 Å². The number of benzene rings is 1. The van der Waals surface area contributed by atoms with Crippen LogP contribution in [0.15, 0.2) is 43.1 Å². The van der Waals surface area contributed by atoms with Gasteiger partial charge in [-0.05, 0) is 24.1 Å². The highest BCUT2D eigenvalue weighted by molar-refractivity contribution is 5.93. The van der Waals surface area contributed by atoms with E-state index in [-0.39, 0.29) is 12.6 Å². The number of esters is 1. The average molecular weight is 365 g/mol. The summed E-state index contributed by atoms with van der Waals surface area (Å²) in [4.78, 5) is 19.8. The van der Waals surface area contributed by atoms with Crippen LogP contribution < -0.4 is 5.32 Å². The zero-order valence-electron chi connectivity index (χ0n) is 14.8. The van der Waals surface area contributed by atoms with Gasteiger partial charge in [0.25, 0.3) is 0 Å². The van der Waals surface area contributed by atoms with E-state index in [0.717, 1.165) is 22.3 Å². The molecule has 0 bridgehead atoms. The number of aliphatic hydroxyl groups is 1. The van der Waals surface area contributed by atoms with Crippen molar-refractivity contribution in [2.24, 2.45) is 0 Å². The molecule has 1 aromatic carbocycles. The summed E-state index contributed by atoms with van der Waals surface area (Å²) in [6, 6.07) is 3.51. The highest BCUT2D eigenvalue weighted by atomic mass is 16.5. The fourth-order valence-electron chi connectivity index (χ4n) is 3.18. The Labute approximate surface area is 155 Å². The molecule has 27 heavy (non-hydrogen) atoms. The van der Waals surface area contributed by atoms with Crippen LogP contribution in [0.2, 0.25) is 0 Å². The second-order valence-corrected chi connectivity index (χ2v) is 6.39. The Morgan fingerprint density at radius 3 is 3.04 bits per heavy atom. The predicted molar refractivity (Wildman–Crippen MR) is 96.1 cm³/mol. The maximum atomic E-state index is 11.6. The van der Waals surface area contributed by atoms with Gasteiger partial charge in [-0.25, -0.2) is 14.5 Å². The Morgan fingerprint density at radius 1 is 1.33 bits per heavy atom. The van der Waals surface area contributed by atoms with E-state index in [1.807, 2.05) is 13.1 Å². The fourth-order valence-corrected chi connectivity index (χ4v) is 3.18. The van der Waals surface area contributed by atoms with E-state index in [0.29, 0.717) is 24.5 Å². The number of hydrogen-bond donors (Lipinski definition) is 2. The van der Waals surface area contributed by atoms with Crippen LogP contribution in [0.4, 0.5) is 0 Å². The first-order valence-corrected chi connectivity index (χ1v) is 8.61. The fraction of sp³-hybridized carbons (Fsp3) is 0.263. The van der Waals surface area contributed by atoms with Crippen LogP contribution >= 0.6 is 0 Å². The molecule has 2 aromatic heterocycles. The van der Waals surface area contributed by atoms with Crippen molar-refractivity contribution in [1.82, 2.24) is 25.1 Å². The molecule has 0 radical (unpaired) electrons. The number of hydrogen-bond acceptors (Lipinski definition) is 7. The highest BCUT2D eigenvalue weighted by Gasteiger charge is 2.25. The lowest BCUT2D eigenvalue weighted by molar-refractivity contribution is 0.0535. The van der Waals surface area contributed by atoms with Crippen LogP contribution in [0.3, 0.4) is 0 Å². The van der Waals surface area contributed by atoms with Gasteiger partial charge in [0.15, 0.2) is 5.82 Å². The third-order valence-electron chi connectivity index (χ3n) is 4.65. The molecule has 8 nitrogen and oxygen atoms in total. The van der Waals surface area contributed by atoms with Crippen molar-refractivity contribution in [2.45, 2.75) is 26.2 Å². The SMILES string of the molecule is Cc1c(C(O)CNCc2cnn(-c3cnccn3)c2)ccc2c1COC2=O. The van der Waals surface area contributed by atoms with Crippen molar-refractivity contribution < 1.29 is 14.6 Å². The number of rotatable bonds is 6. The molecule has 0 amide bonds. The summed E-state index contributed by atoms with van der Waals surface area (Å²) < 4.78 is 6.72. The van der Waals surface area contributed by atoms with E-state index in [1.165, 1.54) is 0 Å². The number of cyclic esters (lactones) is 1. The number of fused-ring (bicyclic) bond motifs is 1. The molecule has 1 aliphatic rings. The molecule has 0 aliphatic carbocycles. The van der Waals surface area contributed by atoms with E-state index in [1.54, 1.807) is 41.6 Å². The van der Waals surface area contributed by atoms with Gasteiger partial charge in [-0.15, -0.1) is 0 Å². The highest BCUT2D eigenvalue weighted by Crippen LogP contribution is 2.28. The molecule has 3 aromatic rings. The van der Waals surface area contributed by atoms with E-state index in [9.17, 15) is 9.90 Å². The number of carbonyl (C=O) groups is 1. The minimum atomic E-state index is -0.680. The van der Waals surface area contributed by atoms with E-state index in [4.69, 9.17) is 4.74 Å². The molecule has 3 heterocycles. The second kappa shape index (κ2) is 7.26. The molecular formula is C19H19N5O3. The Bertz CT molecular complexity index is 971. The molecule has 0 fully saturated rings. The van der Waals surface area contributed by atoms with E-state index in [2.05, 4.69) is 20.4 Å². The number of carbonyl (C=O) groups excluding carboxylic acids is 1. The second-order valence-electron chi connectivity index (χ2n) is 6.39. The Kier molecular flexibility index (Phi) is 4.66. The van der Waals surface area contributed by atoms with Crippen molar-refractivity contribution >= 4 is 5.97 Å². The lowest BCUT2D eigenvalue weighted by Gasteiger charge is -2.16. The van der Waals surface area contributed by atoms with Crippen LogP contribution in [0.25, 0.3) is 5.82 Å². The van der Waals surface area contributed by atoms with Crippen molar-refractivity contribution in [1.29, 1.82) is 0 Å². The minimum absolute atomic E-state index is 0.273. The van der Waals surface area contributed by atoms with Gasteiger partial charge in [-0.1, -0.05) is 6.07 Å². The summed E-state index contributed by atoms with van der Waals surface area (Å²) >= 11 is 0. The first-order chi connectivity index (χ1) is 13.1. The van der Waals surface area contributed by atoms with Gasteiger partial charge in [-0.3, -0.25) is 4.98 Å². The molecular weight excluding hydrogens is 346 g/mol. The maximum Gasteiger partial charge on any atom is 0.338 e. The first-order valence-electron chi connectivity index (χ1n) is 8.61. The van der Waals surface area contributed by atoms with Gasteiger partial charge in [0.1, 0.15) is 6.61 Å². The van der Waals surface area contributed by atoms with Gasteiger partial charge >= 0.3 is 5.97 Å². The van der Waals surface area contributed by atoms with Crippen molar-refractivity contribution in [3.05, 3.63) is 70.9 Å². The Morgan fingerprint density at radius 2 is 2.22 bits per heavy atom. The van der Waals surface area contributed by atoms with Gasteiger partial charge in [0, 0.05) is 42.8 Å². The van der Waals surface area contributed by atoms with Crippen LogP contribution in [-0.2, 0) is 17.9 Å². The van der Waals surface area contributed by atoms with Gasteiger partial charge in [0.05, 0.1) is 24.1 Å². The number of ether oxygens (including phenoxy) is 1. The lowest BCUT2D eigenvalue weighted by atomic mass is 9.95. The number of nitrogens with zero attached hydrogens (tertiary/aromatic N) is 4. The first kappa shape index (κ1) is 17.3. The Hall–Kier alpha value is -3.10. The smallest absolute Gasteiger partial charge is 0.338 e. The molecule has 1 atom stereocenters. The summed E-state index contributed by atoms with van der Waals surface area (Å²) in [7, 11) is 0. The zero-order chi connectivity index (χ0) is 18.8. The molecule has 1 aliphatic heterocycles. The summed E-state index contributed by atoms with van der Waals surface area (Å²) in [6.07, 6.45) is 7.80. The number of aromatic nitrogens is 4. The summed E-state index contributed by atoms with van der Waals surface area (Å²) in [5.74, 6) is 0.349. The summed E-state index contributed by atoms with van der Waals surface area (Å²) in [6.45, 7) is 3.12. The number of nitrogens with one attached hydrogen (secondary N) is 1. The molecule has 138 valence electrons.